The van der Waals surface area contributed by atoms with Gasteiger partial charge >= 0.3 is 0 Å². The summed E-state index contributed by atoms with van der Waals surface area (Å²) in [7, 11) is 2.17. The summed E-state index contributed by atoms with van der Waals surface area (Å²) in [5.41, 5.74) is 0. The Kier molecular flexibility index (Phi) is 5.65. The van der Waals surface area contributed by atoms with Gasteiger partial charge in [0.2, 0.25) is 11.8 Å². The number of carbonyl (C=O) groups is 1. The third kappa shape index (κ3) is 4.77. The van der Waals surface area contributed by atoms with Gasteiger partial charge < -0.3 is 14.3 Å². The molecule has 0 unspecified atom stereocenters. The summed E-state index contributed by atoms with van der Waals surface area (Å²) in [5.74, 6) is 2.44. The highest BCUT2D eigenvalue weighted by Crippen LogP contribution is 2.19. The molecule has 23 heavy (non-hydrogen) atoms. The summed E-state index contributed by atoms with van der Waals surface area (Å²) >= 11 is 0. The summed E-state index contributed by atoms with van der Waals surface area (Å²) in [4.78, 5) is 20.8. The first-order chi connectivity index (χ1) is 11.2. The van der Waals surface area contributed by atoms with Crippen LogP contribution in [0.3, 0.4) is 0 Å². The zero-order valence-corrected chi connectivity index (χ0v) is 14.2. The van der Waals surface area contributed by atoms with E-state index in [1.165, 1.54) is 12.8 Å². The summed E-state index contributed by atoms with van der Waals surface area (Å²) in [5, 5.41) is 4.13. The van der Waals surface area contributed by atoms with Gasteiger partial charge in [0, 0.05) is 32.4 Å². The van der Waals surface area contributed by atoms with E-state index in [0.717, 1.165) is 51.1 Å². The molecule has 1 aromatic rings. The van der Waals surface area contributed by atoms with Gasteiger partial charge in [0.1, 0.15) is 0 Å². The molecule has 0 atom stereocenters. The molecule has 0 aliphatic carbocycles. The van der Waals surface area contributed by atoms with Crippen molar-refractivity contribution in [2.45, 2.75) is 51.4 Å². The van der Waals surface area contributed by atoms with Crippen LogP contribution < -0.4 is 0 Å². The average Bonchev–Trinajstić information content (AvgIpc) is 2.89. The second kappa shape index (κ2) is 7.90. The zero-order chi connectivity index (χ0) is 16.1. The lowest BCUT2D eigenvalue weighted by Gasteiger charge is -2.28. The van der Waals surface area contributed by atoms with Gasteiger partial charge in [-0.2, -0.15) is 4.98 Å². The van der Waals surface area contributed by atoms with Gasteiger partial charge in [-0.25, -0.2) is 0 Å². The molecule has 1 aromatic heterocycles. The van der Waals surface area contributed by atoms with E-state index in [1.807, 2.05) is 4.90 Å². The Morgan fingerprint density at radius 1 is 1.17 bits per heavy atom. The van der Waals surface area contributed by atoms with E-state index in [2.05, 4.69) is 22.1 Å². The second-order valence-electron chi connectivity index (χ2n) is 7.00. The van der Waals surface area contributed by atoms with Crippen molar-refractivity contribution < 1.29 is 9.32 Å². The highest BCUT2D eigenvalue weighted by Gasteiger charge is 2.20. The Labute approximate surface area is 138 Å². The van der Waals surface area contributed by atoms with E-state index < -0.39 is 0 Å². The molecular weight excluding hydrogens is 292 g/mol. The number of nitrogens with zero attached hydrogens (tertiary/aromatic N) is 4. The molecule has 0 saturated carbocycles. The van der Waals surface area contributed by atoms with Crippen molar-refractivity contribution in [1.82, 2.24) is 19.9 Å². The van der Waals surface area contributed by atoms with E-state index >= 15 is 0 Å². The third-order valence-electron chi connectivity index (χ3n) is 5.09. The Morgan fingerprint density at radius 3 is 2.83 bits per heavy atom. The number of aromatic nitrogens is 2. The molecule has 2 fully saturated rings. The second-order valence-corrected chi connectivity index (χ2v) is 7.00. The molecule has 2 aliphatic rings. The molecule has 1 amide bonds. The third-order valence-corrected chi connectivity index (χ3v) is 5.09. The molecule has 128 valence electrons. The van der Waals surface area contributed by atoms with Gasteiger partial charge in [-0.05, 0) is 51.7 Å². The summed E-state index contributed by atoms with van der Waals surface area (Å²) in [6, 6.07) is 0. The smallest absolute Gasteiger partial charge is 0.228 e. The van der Waals surface area contributed by atoms with Crippen LogP contribution in [0.2, 0.25) is 0 Å². The molecule has 0 spiro atoms. The van der Waals surface area contributed by atoms with Crippen molar-refractivity contribution in [3.63, 3.8) is 0 Å². The molecular formula is C17H28N4O2. The minimum atomic E-state index is 0.272. The standard InChI is InChI=1S/C17H28N4O2/c1-20-10-6-14(7-11-20)13-15-18-16(23-19-15)8-12-21-9-4-2-3-5-17(21)22/h14H,2-13H2,1H3. The minimum Gasteiger partial charge on any atom is -0.342 e. The van der Waals surface area contributed by atoms with Crippen molar-refractivity contribution in [2.24, 2.45) is 5.92 Å². The number of hydrogen-bond acceptors (Lipinski definition) is 5. The minimum absolute atomic E-state index is 0.272. The first-order valence-electron chi connectivity index (χ1n) is 8.98. The molecule has 3 heterocycles. The molecule has 6 nitrogen and oxygen atoms in total. The summed E-state index contributed by atoms with van der Waals surface area (Å²) < 4.78 is 5.38. The van der Waals surface area contributed by atoms with Crippen LogP contribution in [-0.2, 0) is 17.6 Å². The fourth-order valence-corrected chi connectivity index (χ4v) is 3.50. The SMILES string of the molecule is CN1CCC(Cc2noc(CCN3CCCCCC3=O)n2)CC1. The molecule has 2 aliphatic heterocycles. The lowest BCUT2D eigenvalue weighted by atomic mass is 9.94. The first-order valence-corrected chi connectivity index (χ1v) is 8.98. The van der Waals surface area contributed by atoms with Crippen LogP contribution in [0.4, 0.5) is 0 Å². The predicted octanol–water partition coefficient (Wildman–Crippen LogP) is 1.90. The van der Waals surface area contributed by atoms with Gasteiger partial charge in [-0.3, -0.25) is 4.79 Å². The highest BCUT2D eigenvalue weighted by molar-refractivity contribution is 5.76. The zero-order valence-electron chi connectivity index (χ0n) is 14.2. The maximum absolute atomic E-state index is 12.0. The van der Waals surface area contributed by atoms with E-state index in [-0.39, 0.29) is 5.91 Å². The van der Waals surface area contributed by atoms with Crippen molar-refractivity contribution >= 4 is 5.91 Å². The number of rotatable bonds is 5. The fourth-order valence-electron chi connectivity index (χ4n) is 3.50. The van der Waals surface area contributed by atoms with Gasteiger partial charge in [-0.15, -0.1) is 0 Å². The van der Waals surface area contributed by atoms with E-state index in [9.17, 15) is 4.79 Å². The lowest BCUT2D eigenvalue weighted by Crippen LogP contribution is -2.32. The Balaban J connectivity index is 1.46. The molecule has 2 saturated heterocycles. The van der Waals surface area contributed by atoms with Crippen LogP contribution in [0.25, 0.3) is 0 Å². The Bertz CT molecular complexity index is 508. The van der Waals surface area contributed by atoms with E-state index in [1.54, 1.807) is 0 Å². The van der Waals surface area contributed by atoms with E-state index in [4.69, 9.17) is 4.52 Å². The maximum atomic E-state index is 12.0. The van der Waals surface area contributed by atoms with Crippen LogP contribution >= 0.6 is 0 Å². The maximum Gasteiger partial charge on any atom is 0.228 e. The molecule has 0 aromatic carbocycles. The monoisotopic (exact) mass is 320 g/mol. The number of amides is 1. The highest BCUT2D eigenvalue weighted by atomic mass is 16.5. The fraction of sp³-hybridized carbons (Fsp3) is 0.824. The quantitative estimate of drug-likeness (QED) is 0.829. The van der Waals surface area contributed by atoms with Gasteiger partial charge in [0.25, 0.3) is 0 Å². The molecule has 0 radical (unpaired) electrons. The predicted molar refractivity (Wildman–Crippen MR) is 87.0 cm³/mol. The normalized spacial score (nSPS) is 21.6. The number of carbonyl (C=O) groups excluding carboxylic acids is 1. The van der Waals surface area contributed by atoms with Crippen molar-refractivity contribution in [3.05, 3.63) is 11.7 Å². The lowest BCUT2D eigenvalue weighted by molar-refractivity contribution is -0.130. The van der Waals surface area contributed by atoms with Crippen molar-refractivity contribution in [1.29, 1.82) is 0 Å². The number of piperidine rings is 1. The van der Waals surface area contributed by atoms with Crippen molar-refractivity contribution in [2.75, 3.05) is 33.2 Å². The van der Waals surface area contributed by atoms with E-state index in [0.29, 0.717) is 31.2 Å². The van der Waals surface area contributed by atoms with Crippen LogP contribution in [-0.4, -0.2) is 59.1 Å². The van der Waals surface area contributed by atoms with Crippen LogP contribution in [0.15, 0.2) is 4.52 Å². The first kappa shape index (κ1) is 16.4. The topological polar surface area (TPSA) is 62.5 Å². The average molecular weight is 320 g/mol. The van der Waals surface area contributed by atoms with Gasteiger partial charge in [0.05, 0.1) is 0 Å². The Morgan fingerprint density at radius 2 is 2.00 bits per heavy atom. The molecule has 0 N–H and O–H groups in total. The van der Waals surface area contributed by atoms with Crippen LogP contribution in [0.1, 0.15) is 50.2 Å². The number of hydrogen-bond donors (Lipinski definition) is 0. The molecule has 0 bridgehead atoms. The van der Waals surface area contributed by atoms with Gasteiger partial charge in [-0.1, -0.05) is 11.6 Å². The largest absolute Gasteiger partial charge is 0.342 e. The van der Waals surface area contributed by atoms with Gasteiger partial charge in [0.15, 0.2) is 5.82 Å². The van der Waals surface area contributed by atoms with Crippen LogP contribution in [0, 0.1) is 5.92 Å². The summed E-state index contributed by atoms with van der Waals surface area (Å²) in [6.45, 7) is 3.89. The van der Waals surface area contributed by atoms with Crippen LogP contribution in [0.5, 0.6) is 0 Å². The molecule has 6 heteroatoms. The Hall–Kier alpha value is -1.43. The number of likely N-dealkylation sites (tertiary alicyclic amines) is 2. The summed E-state index contributed by atoms with van der Waals surface area (Å²) in [6.07, 6.45) is 7.99. The van der Waals surface area contributed by atoms with Crippen molar-refractivity contribution in [3.8, 4) is 0 Å². The molecule has 3 rings (SSSR count).